The number of methoxy groups -OCH3 is 2. The van der Waals surface area contributed by atoms with Crippen molar-refractivity contribution in [2.24, 2.45) is 9.98 Å². The Morgan fingerprint density at radius 2 is 0.712 bits per heavy atom. The molecule has 0 unspecified atom stereocenters. The van der Waals surface area contributed by atoms with Gasteiger partial charge in [0.15, 0.2) is 0 Å². The quantitative estimate of drug-likeness (QED) is 0.0295. The molecule has 337 valence electrons. The van der Waals surface area contributed by atoms with Gasteiger partial charge < -0.3 is 19.7 Å². The molecule has 0 spiro atoms. The first-order valence-corrected chi connectivity index (χ1v) is 23.6. The summed E-state index contributed by atoms with van der Waals surface area (Å²) in [5.41, 5.74) is 1.21. The van der Waals surface area contributed by atoms with Gasteiger partial charge in [-0.05, 0) is 87.5 Å². The van der Waals surface area contributed by atoms with Gasteiger partial charge in [0.25, 0.3) is 0 Å². The van der Waals surface area contributed by atoms with Gasteiger partial charge in [0.2, 0.25) is 0 Å². The zero-order valence-corrected chi connectivity index (χ0v) is 38.9. The number of hydrogen-bond acceptors (Lipinski definition) is 6. The summed E-state index contributed by atoms with van der Waals surface area (Å²) in [6.45, 7) is 6.12. The van der Waals surface area contributed by atoms with E-state index in [4.69, 9.17) is 9.47 Å². The number of para-hydroxylation sites is 2. The van der Waals surface area contributed by atoms with E-state index in [1.54, 1.807) is 36.7 Å². The molecule has 0 saturated heterocycles. The predicted octanol–water partition coefficient (Wildman–Crippen LogP) is 14.4. The molecule has 59 heavy (non-hydrogen) atoms. The minimum Gasteiger partial charge on any atom is -0.870 e. The molecule has 0 amide bonds. The molecule has 0 aliphatic rings. The first-order valence-electron chi connectivity index (χ1n) is 23.6. The molecule has 0 bridgehead atoms. The van der Waals surface area contributed by atoms with E-state index in [0.29, 0.717) is 22.6 Å². The fourth-order valence-electron chi connectivity index (χ4n) is 6.82. The van der Waals surface area contributed by atoms with Gasteiger partial charge in [0.1, 0.15) is 11.5 Å². The third kappa shape index (κ3) is 32.4. The van der Waals surface area contributed by atoms with Crippen LogP contribution in [0.2, 0.25) is 0 Å². The molecule has 0 heterocycles. The molecule has 0 atom stereocenters. The third-order valence-electron chi connectivity index (χ3n) is 10.5. The van der Waals surface area contributed by atoms with Crippen molar-refractivity contribution in [3.8, 4) is 23.0 Å². The number of unbranched alkanes of at least 4 members (excludes halogenated alkanes) is 24. The van der Waals surface area contributed by atoms with Crippen molar-refractivity contribution in [1.82, 2.24) is 0 Å². The second kappa shape index (κ2) is 43.1. The van der Waals surface area contributed by atoms with E-state index >= 15 is 0 Å². The molecule has 2 aromatic carbocycles. The standard InChI is InChI=1S/2C26H43NO2.Cu/c2*1-3-4-5-6-7-8-9-10-11-12-13-14-15-16-17-18-22-27-23-24-20-19-21-25(29-2)26(24)28;/h2*10-11,19-21,23,28H,3-9,12-18,22H2,1-2H3;/q;;+2/p-2/b2*11-10-,27-23?;. The summed E-state index contributed by atoms with van der Waals surface area (Å²) >= 11 is 0. The number of nitrogens with zero attached hydrogens (tertiary/aromatic N) is 2. The molecule has 0 aliphatic carbocycles. The molecule has 2 rings (SSSR count). The maximum atomic E-state index is 12.0. The third-order valence-corrected chi connectivity index (χ3v) is 10.5. The normalized spacial score (nSPS) is 11.5. The van der Waals surface area contributed by atoms with E-state index < -0.39 is 0 Å². The molecule has 0 N–H and O–H groups in total. The average Bonchev–Trinajstić information content (AvgIpc) is 3.24. The molecule has 7 heteroatoms. The number of allylic oxidation sites excluding steroid dienone is 4. The molecule has 1 radical (unpaired) electrons. The van der Waals surface area contributed by atoms with Crippen molar-refractivity contribution in [3.63, 3.8) is 0 Å². The molecule has 6 nitrogen and oxygen atoms in total. The summed E-state index contributed by atoms with van der Waals surface area (Å²) in [5.74, 6) is 0.594. The Labute approximate surface area is 373 Å². The SMILES string of the molecule is CCCCCCCC/C=C\CCCCCCCCN=Cc1cccc(OC)c1[O-].CCCCCCCC/C=C\CCCCCCCCN=Cc1cccc(OC)c1[O-].[Cu+2]. The van der Waals surface area contributed by atoms with E-state index in [1.165, 1.54) is 181 Å². The molecule has 0 aliphatic heterocycles. The van der Waals surface area contributed by atoms with E-state index in [0.717, 1.165) is 25.9 Å². The van der Waals surface area contributed by atoms with E-state index in [2.05, 4.69) is 48.1 Å². The van der Waals surface area contributed by atoms with Gasteiger partial charge in [-0.3, -0.25) is 9.98 Å². The predicted molar refractivity (Wildman–Crippen MR) is 249 cm³/mol. The van der Waals surface area contributed by atoms with Crippen molar-refractivity contribution in [2.75, 3.05) is 27.3 Å². The second-order valence-corrected chi connectivity index (χ2v) is 15.7. The molecule has 0 fully saturated rings. The van der Waals surface area contributed by atoms with Crippen LogP contribution in [0.3, 0.4) is 0 Å². The van der Waals surface area contributed by atoms with Gasteiger partial charge in [-0.1, -0.05) is 189 Å². The first-order chi connectivity index (χ1) is 28.6. The van der Waals surface area contributed by atoms with Crippen LogP contribution in [-0.2, 0) is 17.1 Å². The van der Waals surface area contributed by atoms with Crippen molar-refractivity contribution in [3.05, 3.63) is 71.8 Å². The number of aliphatic imine (C=N–C) groups is 2. The zero-order chi connectivity index (χ0) is 42.0. The monoisotopic (exact) mass is 864 g/mol. The topological polar surface area (TPSA) is 89.3 Å². The number of ether oxygens (including phenoxy) is 2. The summed E-state index contributed by atoms with van der Waals surface area (Å²) in [6.07, 6.45) is 49.6. The number of hydrogen-bond donors (Lipinski definition) is 0. The summed E-state index contributed by atoms with van der Waals surface area (Å²) < 4.78 is 10.1. The Balaban J connectivity index is 0.00000112. The van der Waals surface area contributed by atoms with E-state index in [1.807, 2.05) is 12.1 Å². The van der Waals surface area contributed by atoms with Crippen LogP contribution in [0.25, 0.3) is 0 Å². The van der Waals surface area contributed by atoms with Crippen LogP contribution in [0, 0.1) is 0 Å². The van der Waals surface area contributed by atoms with Crippen LogP contribution in [-0.4, -0.2) is 39.7 Å². The van der Waals surface area contributed by atoms with Crippen molar-refractivity contribution in [2.45, 2.75) is 194 Å². The second-order valence-electron chi connectivity index (χ2n) is 15.7. The Bertz CT molecular complexity index is 1240. The summed E-state index contributed by atoms with van der Waals surface area (Å²) in [7, 11) is 3.04. The summed E-state index contributed by atoms with van der Waals surface area (Å²) in [4.78, 5) is 8.78. The summed E-state index contributed by atoms with van der Waals surface area (Å²) in [6, 6.07) is 10.6. The van der Waals surface area contributed by atoms with E-state index in [-0.39, 0.29) is 28.6 Å². The fraction of sp³-hybridized carbons (Fsp3) is 0.654. The van der Waals surface area contributed by atoms with Crippen LogP contribution >= 0.6 is 0 Å². The van der Waals surface area contributed by atoms with Crippen molar-refractivity contribution >= 4 is 12.4 Å². The number of rotatable bonds is 36. The Kier molecular flexibility index (Phi) is 40.9. The largest absolute Gasteiger partial charge is 2.00 e. The van der Waals surface area contributed by atoms with Gasteiger partial charge in [0, 0.05) is 25.5 Å². The van der Waals surface area contributed by atoms with Crippen LogP contribution in [0.4, 0.5) is 0 Å². The molecule has 0 aromatic heterocycles. The van der Waals surface area contributed by atoms with Gasteiger partial charge >= 0.3 is 17.1 Å². The fourth-order valence-corrected chi connectivity index (χ4v) is 6.82. The Hall–Kier alpha value is -3.02. The van der Waals surface area contributed by atoms with Crippen LogP contribution in [0.15, 0.2) is 70.7 Å². The van der Waals surface area contributed by atoms with Crippen LogP contribution < -0.4 is 19.7 Å². The smallest absolute Gasteiger partial charge is 0.870 e. The Morgan fingerprint density at radius 1 is 0.424 bits per heavy atom. The van der Waals surface area contributed by atoms with E-state index in [9.17, 15) is 10.2 Å². The van der Waals surface area contributed by atoms with Gasteiger partial charge in [-0.25, -0.2) is 0 Å². The maximum Gasteiger partial charge on any atom is 2.00 e. The average molecular weight is 865 g/mol. The van der Waals surface area contributed by atoms with Crippen LogP contribution in [0.5, 0.6) is 23.0 Å². The van der Waals surface area contributed by atoms with Gasteiger partial charge in [-0.2, -0.15) is 0 Å². The van der Waals surface area contributed by atoms with Gasteiger partial charge in [0.05, 0.1) is 14.2 Å². The maximum absolute atomic E-state index is 12.0. The molecular formula is C52H84CuN2O4. The minimum atomic E-state index is -0.0835. The Morgan fingerprint density at radius 3 is 1.02 bits per heavy atom. The van der Waals surface area contributed by atoms with Crippen molar-refractivity contribution < 1.29 is 36.8 Å². The molecular weight excluding hydrogens is 780 g/mol. The zero-order valence-electron chi connectivity index (χ0n) is 38.0. The summed E-state index contributed by atoms with van der Waals surface area (Å²) in [5, 5.41) is 24.0. The number of benzene rings is 2. The van der Waals surface area contributed by atoms with Crippen molar-refractivity contribution in [1.29, 1.82) is 0 Å². The molecule has 0 saturated carbocycles. The first kappa shape index (κ1) is 56.0. The minimum absolute atomic E-state index is 0. The van der Waals surface area contributed by atoms with Gasteiger partial charge in [-0.15, -0.1) is 0 Å². The van der Waals surface area contributed by atoms with Crippen LogP contribution in [0.1, 0.15) is 205 Å². The molecule has 2 aromatic rings.